The summed E-state index contributed by atoms with van der Waals surface area (Å²) >= 11 is 0. The van der Waals surface area contributed by atoms with Gasteiger partial charge in [0.1, 0.15) is 0 Å². The second kappa shape index (κ2) is 8.58. The van der Waals surface area contributed by atoms with Crippen molar-refractivity contribution in [1.29, 1.82) is 0 Å². The molecule has 2 amide bonds. The lowest BCUT2D eigenvalue weighted by Gasteiger charge is -2.39. The number of methoxy groups -OCH3 is 2. The van der Waals surface area contributed by atoms with Crippen LogP contribution in [0.5, 0.6) is 11.5 Å². The van der Waals surface area contributed by atoms with Gasteiger partial charge in [-0.25, -0.2) is 0 Å². The van der Waals surface area contributed by atoms with Gasteiger partial charge in [0.25, 0.3) is 0 Å². The lowest BCUT2D eigenvalue weighted by atomic mass is 9.81. The van der Waals surface area contributed by atoms with Crippen molar-refractivity contribution >= 4 is 11.8 Å². The number of carbonyl (C=O) groups excluding carboxylic acids is 2. The maximum atomic E-state index is 13.1. The first-order chi connectivity index (χ1) is 15.6. The van der Waals surface area contributed by atoms with Gasteiger partial charge in [0.2, 0.25) is 11.8 Å². The number of rotatable bonds is 5. The predicted octanol–water partition coefficient (Wildman–Crippen LogP) is 3.78. The molecule has 0 unspecified atom stereocenters. The van der Waals surface area contributed by atoms with Crippen molar-refractivity contribution < 1.29 is 19.1 Å². The quantitative estimate of drug-likeness (QED) is 0.671. The highest BCUT2D eigenvalue weighted by Crippen LogP contribution is 2.43. The Morgan fingerprint density at radius 1 is 0.906 bits per heavy atom. The topological polar surface area (TPSA) is 59.1 Å². The summed E-state index contributed by atoms with van der Waals surface area (Å²) in [6, 6.07) is 14.3. The van der Waals surface area contributed by atoms with E-state index in [1.807, 2.05) is 24.3 Å². The number of ether oxygens (including phenoxy) is 2. The lowest BCUT2D eigenvalue weighted by Crippen LogP contribution is -2.46. The molecule has 6 nitrogen and oxygen atoms in total. The van der Waals surface area contributed by atoms with Crippen LogP contribution < -0.4 is 9.47 Å². The second-order valence-corrected chi connectivity index (χ2v) is 9.02. The maximum absolute atomic E-state index is 13.1. The van der Waals surface area contributed by atoms with E-state index in [-0.39, 0.29) is 29.7 Å². The molecule has 0 radical (unpaired) electrons. The van der Waals surface area contributed by atoms with E-state index in [0.29, 0.717) is 12.4 Å². The molecule has 2 fully saturated rings. The fourth-order valence-electron chi connectivity index (χ4n) is 5.73. The van der Waals surface area contributed by atoms with E-state index in [1.54, 1.807) is 14.2 Å². The number of nitrogens with zero attached hydrogens (tertiary/aromatic N) is 2. The van der Waals surface area contributed by atoms with Crippen LogP contribution in [0.1, 0.15) is 48.4 Å². The molecule has 168 valence electrons. The minimum absolute atomic E-state index is 0.0182. The molecule has 1 aliphatic carbocycles. The number of hydrogen-bond acceptors (Lipinski definition) is 5. The van der Waals surface area contributed by atoms with Crippen molar-refractivity contribution in [2.45, 2.75) is 38.1 Å². The molecule has 6 heteroatoms. The van der Waals surface area contributed by atoms with E-state index < -0.39 is 0 Å². The second-order valence-electron chi connectivity index (χ2n) is 9.02. The molecule has 5 rings (SSSR count). The van der Waals surface area contributed by atoms with Gasteiger partial charge in [-0.2, -0.15) is 0 Å². The van der Waals surface area contributed by atoms with E-state index in [9.17, 15) is 9.59 Å². The Labute approximate surface area is 189 Å². The van der Waals surface area contributed by atoms with Gasteiger partial charge in [0.05, 0.1) is 38.8 Å². The average molecular weight is 435 g/mol. The van der Waals surface area contributed by atoms with E-state index >= 15 is 0 Å². The highest BCUT2D eigenvalue weighted by molar-refractivity contribution is 6.05. The van der Waals surface area contributed by atoms with Crippen molar-refractivity contribution in [2.75, 3.05) is 27.4 Å². The van der Waals surface area contributed by atoms with Gasteiger partial charge in [-0.1, -0.05) is 43.2 Å². The maximum Gasteiger partial charge on any atom is 0.234 e. The highest BCUT2D eigenvalue weighted by Gasteiger charge is 2.49. The zero-order valence-electron chi connectivity index (χ0n) is 18.8. The summed E-state index contributed by atoms with van der Waals surface area (Å²) in [4.78, 5) is 30.1. The lowest BCUT2D eigenvalue weighted by molar-refractivity contribution is -0.143. The fourth-order valence-corrected chi connectivity index (χ4v) is 5.73. The van der Waals surface area contributed by atoms with Crippen molar-refractivity contribution in [2.24, 2.45) is 11.8 Å². The number of imide groups is 1. The number of carbonyl (C=O) groups is 2. The Balaban J connectivity index is 1.51. The summed E-state index contributed by atoms with van der Waals surface area (Å²) in [5.74, 6) is 1.21. The monoisotopic (exact) mass is 434 g/mol. The van der Waals surface area contributed by atoms with Gasteiger partial charge in [-0.15, -0.1) is 0 Å². The van der Waals surface area contributed by atoms with E-state index in [0.717, 1.165) is 55.5 Å². The van der Waals surface area contributed by atoms with Gasteiger partial charge in [0.15, 0.2) is 11.5 Å². The molecule has 2 aliphatic heterocycles. The Hall–Kier alpha value is -2.86. The average Bonchev–Trinajstić information content (AvgIpc) is 3.08. The minimum atomic E-state index is -0.118. The molecule has 0 aromatic heterocycles. The Bertz CT molecular complexity index is 998. The number of likely N-dealkylation sites (tertiary alicyclic amines) is 1. The third kappa shape index (κ3) is 3.47. The predicted molar refractivity (Wildman–Crippen MR) is 120 cm³/mol. The molecular weight excluding hydrogens is 404 g/mol. The van der Waals surface area contributed by atoms with Gasteiger partial charge in [-0.3, -0.25) is 19.4 Å². The third-order valence-corrected chi connectivity index (χ3v) is 7.34. The number of fused-ring (bicyclic) bond motifs is 2. The standard InChI is InChI=1S/C26H30N2O4/c1-31-22-14-18-12-13-27(16-28-25(29)19-10-6-7-11-20(19)26(28)30)24(17-8-4-3-5-9-17)21(18)15-23(22)32-2/h3-5,8-9,14-15,19-20,24H,6-7,10-13,16H2,1-2H3/t19-,20-,24+/m1/s1. The first-order valence-electron chi connectivity index (χ1n) is 11.5. The Kier molecular flexibility index (Phi) is 5.64. The minimum Gasteiger partial charge on any atom is -0.493 e. The number of benzene rings is 2. The van der Waals surface area contributed by atoms with Crippen LogP contribution in [0.3, 0.4) is 0 Å². The van der Waals surface area contributed by atoms with Crippen LogP contribution in [0, 0.1) is 11.8 Å². The van der Waals surface area contributed by atoms with Crippen LogP contribution in [-0.4, -0.2) is 49.0 Å². The highest BCUT2D eigenvalue weighted by atomic mass is 16.5. The van der Waals surface area contributed by atoms with Gasteiger partial charge in [0, 0.05) is 6.54 Å². The van der Waals surface area contributed by atoms with Gasteiger partial charge in [-0.05, 0) is 48.1 Å². The van der Waals surface area contributed by atoms with Crippen molar-refractivity contribution in [1.82, 2.24) is 9.80 Å². The molecule has 2 aromatic carbocycles. The number of amides is 2. The van der Waals surface area contributed by atoms with Crippen LogP contribution in [0.2, 0.25) is 0 Å². The third-order valence-electron chi connectivity index (χ3n) is 7.34. The summed E-state index contributed by atoms with van der Waals surface area (Å²) < 4.78 is 11.1. The molecule has 2 aromatic rings. The molecule has 32 heavy (non-hydrogen) atoms. The van der Waals surface area contributed by atoms with Crippen molar-refractivity contribution in [3.63, 3.8) is 0 Å². The number of hydrogen-bond donors (Lipinski definition) is 0. The Morgan fingerprint density at radius 3 is 2.16 bits per heavy atom. The normalized spacial score (nSPS) is 25.4. The first kappa shape index (κ1) is 21.0. The van der Waals surface area contributed by atoms with E-state index in [4.69, 9.17) is 9.47 Å². The zero-order valence-corrected chi connectivity index (χ0v) is 18.8. The van der Waals surface area contributed by atoms with Crippen LogP contribution in [0.15, 0.2) is 42.5 Å². The van der Waals surface area contributed by atoms with Gasteiger partial charge >= 0.3 is 0 Å². The summed E-state index contributed by atoms with van der Waals surface area (Å²) in [6.07, 6.45) is 4.59. The van der Waals surface area contributed by atoms with E-state index in [1.165, 1.54) is 10.5 Å². The van der Waals surface area contributed by atoms with Crippen LogP contribution >= 0.6 is 0 Å². The molecule has 3 atom stereocenters. The molecular formula is C26H30N2O4. The molecule has 1 saturated carbocycles. The van der Waals surface area contributed by atoms with Crippen LogP contribution in [0.25, 0.3) is 0 Å². The molecule has 0 bridgehead atoms. The summed E-state index contributed by atoms with van der Waals surface area (Å²) in [7, 11) is 3.30. The summed E-state index contributed by atoms with van der Waals surface area (Å²) in [5.41, 5.74) is 3.48. The largest absolute Gasteiger partial charge is 0.493 e. The Morgan fingerprint density at radius 2 is 1.53 bits per heavy atom. The van der Waals surface area contributed by atoms with E-state index in [2.05, 4.69) is 23.1 Å². The van der Waals surface area contributed by atoms with Crippen LogP contribution in [0.4, 0.5) is 0 Å². The molecule has 3 aliphatic rings. The van der Waals surface area contributed by atoms with Gasteiger partial charge < -0.3 is 9.47 Å². The summed E-state index contributed by atoms with van der Waals surface area (Å²) in [6.45, 7) is 1.09. The zero-order chi connectivity index (χ0) is 22.2. The SMILES string of the molecule is COc1cc2c(cc1OC)[C@H](c1ccccc1)N(CN1C(=O)[C@@H]3CCCC[C@H]3C1=O)CC2. The van der Waals surface area contributed by atoms with Crippen LogP contribution in [-0.2, 0) is 16.0 Å². The van der Waals surface area contributed by atoms with Crippen molar-refractivity contribution in [3.8, 4) is 11.5 Å². The molecule has 0 N–H and O–H groups in total. The smallest absolute Gasteiger partial charge is 0.234 e. The first-order valence-corrected chi connectivity index (χ1v) is 11.5. The molecule has 0 spiro atoms. The summed E-state index contributed by atoms with van der Waals surface area (Å²) in [5, 5.41) is 0. The van der Waals surface area contributed by atoms with Crippen molar-refractivity contribution in [3.05, 3.63) is 59.2 Å². The fraction of sp³-hybridized carbons (Fsp3) is 0.462. The molecule has 1 saturated heterocycles. The molecule has 2 heterocycles.